The zero-order chi connectivity index (χ0) is 18.0. The third kappa shape index (κ3) is 3.24. The van der Waals surface area contributed by atoms with E-state index in [2.05, 4.69) is 4.98 Å². The average molecular weight is 341 g/mol. The third-order valence-electron chi connectivity index (χ3n) is 3.90. The molecule has 5 nitrogen and oxygen atoms in total. The van der Waals surface area contributed by atoms with Gasteiger partial charge in [-0.05, 0) is 25.1 Å². The van der Waals surface area contributed by atoms with Crippen LogP contribution in [0.25, 0.3) is 10.9 Å². The van der Waals surface area contributed by atoms with Gasteiger partial charge in [0.05, 0.1) is 12.7 Å². The average Bonchev–Trinajstić information content (AvgIpc) is 3.04. The Morgan fingerprint density at radius 1 is 1.12 bits per heavy atom. The Morgan fingerprint density at radius 3 is 2.60 bits per heavy atom. The molecule has 0 radical (unpaired) electrons. The molecule has 3 rings (SSSR count). The molecule has 1 atom stereocenters. The molecule has 1 heterocycles. The van der Waals surface area contributed by atoms with Gasteiger partial charge in [-0.15, -0.1) is 0 Å². The first kappa shape index (κ1) is 16.7. The van der Waals surface area contributed by atoms with Gasteiger partial charge in [0, 0.05) is 28.7 Å². The predicted octanol–water partition coefficient (Wildman–Crippen LogP) is 3.74. The normalized spacial score (nSPS) is 12.0. The van der Waals surface area contributed by atoms with Crippen molar-refractivity contribution in [1.82, 2.24) is 4.98 Å². The summed E-state index contributed by atoms with van der Waals surface area (Å²) in [6.45, 7) is 1.46. The van der Waals surface area contributed by atoms with E-state index in [1.54, 1.807) is 12.3 Å². The summed E-state index contributed by atoms with van der Waals surface area (Å²) >= 11 is 0. The highest BCUT2D eigenvalue weighted by Gasteiger charge is 2.24. The Balaban J connectivity index is 1.78. The zero-order valence-corrected chi connectivity index (χ0v) is 13.7. The number of H-pyrrole nitrogens is 1. The van der Waals surface area contributed by atoms with E-state index < -0.39 is 17.9 Å². The molecule has 3 aromatic rings. The van der Waals surface area contributed by atoms with Crippen molar-refractivity contribution in [3.05, 3.63) is 65.6 Å². The number of ketones is 1. The number of ether oxygens (including phenoxy) is 2. The van der Waals surface area contributed by atoms with Crippen LogP contribution in [0.1, 0.15) is 27.6 Å². The van der Waals surface area contributed by atoms with Crippen molar-refractivity contribution in [3.8, 4) is 5.75 Å². The summed E-state index contributed by atoms with van der Waals surface area (Å²) in [6, 6.07) is 11.1. The number of fused-ring (bicyclic) bond motifs is 1. The smallest absolute Gasteiger partial charge is 0.341 e. The largest absolute Gasteiger partial charge is 0.497 e. The Bertz CT molecular complexity index is 948. The van der Waals surface area contributed by atoms with E-state index in [0.29, 0.717) is 5.56 Å². The third-order valence-corrected chi connectivity index (χ3v) is 3.90. The van der Waals surface area contributed by atoms with Crippen LogP contribution in [0.4, 0.5) is 4.39 Å². The number of benzene rings is 2. The van der Waals surface area contributed by atoms with E-state index in [4.69, 9.17) is 9.47 Å². The molecular weight excluding hydrogens is 325 g/mol. The van der Waals surface area contributed by atoms with Crippen LogP contribution in [0.5, 0.6) is 5.75 Å². The van der Waals surface area contributed by atoms with Gasteiger partial charge in [0.1, 0.15) is 11.6 Å². The number of methoxy groups -OCH3 is 1. The van der Waals surface area contributed by atoms with Crippen LogP contribution in [0.15, 0.2) is 48.7 Å². The summed E-state index contributed by atoms with van der Waals surface area (Å²) in [7, 11) is 1.40. The Hall–Kier alpha value is -3.15. The van der Waals surface area contributed by atoms with Crippen LogP contribution in [-0.4, -0.2) is 30.0 Å². The molecule has 0 amide bonds. The minimum absolute atomic E-state index is 0.251. The highest BCUT2D eigenvalue weighted by atomic mass is 19.1. The van der Waals surface area contributed by atoms with Gasteiger partial charge in [-0.2, -0.15) is 0 Å². The number of rotatable bonds is 5. The lowest BCUT2D eigenvalue weighted by Crippen LogP contribution is -2.24. The minimum atomic E-state index is -1.05. The Kier molecular flexibility index (Phi) is 4.52. The molecule has 0 bridgehead atoms. The van der Waals surface area contributed by atoms with Crippen molar-refractivity contribution in [2.45, 2.75) is 13.0 Å². The molecule has 0 spiro atoms. The van der Waals surface area contributed by atoms with E-state index in [-0.39, 0.29) is 17.1 Å². The first-order chi connectivity index (χ1) is 12.0. The predicted molar refractivity (Wildman–Crippen MR) is 90.5 cm³/mol. The molecule has 6 heteroatoms. The molecule has 1 N–H and O–H groups in total. The van der Waals surface area contributed by atoms with Gasteiger partial charge in [0.2, 0.25) is 5.78 Å². The monoisotopic (exact) mass is 341 g/mol. The number of hydrogen-bond donors (Lipinski definition) is 1. The van der Waals surface area contributed by atoms with E-state index in [1.807, 2.05) is 18.2 Å². The first-order valence-electron chi connectivity index (χ1n) is 7.66. The van der Waals surface area contributed by atoms with Crippen molar-refractivity contribution in [2.75, 3.05) is 7.11 Å². The van der Waals surface area contributed by atoms with Gasteiger partial charge in [0.25, 0.3) is 0 Å². The number of carbonyl (C=O) groups is 2. The van der Waals surface area contributed by atoms with Crippen LogP contribution >= 0.6 is 0 Å². The molecule has 0 aliphatic carbocycles. The van der Waals surface area contributed by atoms with E-state index in [1.165, 1.54) is 26.2 Å². The van der Waals surface area contributed by atoms with Crippen LogP contribution in [0, 0.1) is 5.82 Å². The highest BCUT2D eigenvalue weighted by Crippen LogP contribution is 2.21. The Labute approximate surface area is 143 Å². The fourth-order valence-corrected chi connectivity index (χ4v) is 2.56. The fourth-order valence-electron chi connectivity index (χ4n) is 2.56. The van der Waals surface area contributed by atoms with Crippen LogP contribution in [0.2, 0.25) is 0 Å². The second-order valence-corrected chi connectivity index (χ2v) is 5.51. The summed E-state index contributed by atoms with van der Waals surface area (Å²) in [5.74, 6) is -1.74. The van der Waals surface area contributed by atoms with Crippen molar-refractivity contribution in [3.63, 3.8) is 0 Å². The number of halogens is 1. The topological polar surface area (TPSA) is 68.4 Å². The summed E-state index contributed by atoms with van der Waals surface area (Å²) < 4.78 is 24.0. The summed E-state index contributed by atoms with van der Waals surface area (Å²) in [5, 5.41) is 0.742. The Morgan fingerprint density at radius 2 is 1.88 bits per heavy atom. The van der Waals surface area contributed by atoms with Crippen molar-refractivity contribution < 1.29 is 23.5 Å². The van der Waals surface area contributed by atoms with Crippen molar-refractivity contribution in [2.24, 2.45) is 0 Å². The lowest BCUT2D eigenvalue weighted by atomic mass is 10.1. The zero-order valence-electron chi connectivity index (χ0n) is 13.7. The summed E-state index contributed by atoms with van der Waals surface area (Å²) in [6.07, 6.45) is 0.527. The van der Waals surface area contributed by atoms with E-state index >= 15 is 0 Å². The minimum Gasteiger partial charge on any atom is -0.497 e. The van der Waals surface area contributed by atoms with Gasteiger partial charge in [-0.1, -0.05) is 18.2 Å². The van der Waals surface area contributed by atoms with Crippen molar-refractivity contribution >= 4 is 22.7 Å². The van der Waals surface area contributed by atoms with Gasteiger partial charge < -0.3 is 14.5 Å². The number of para-hydroxylation sites is 1. The van der Waals surface area contributed by atoms with Gasteiger partial charge >= 0.3 is 5.97 Å². The molecule has 0 unspecified atom stereocenters. The maximum Gasteiger partial charge on any atom is 0.341 e. The van der Waals surface area contributed by atoms with Gasteiger partial charge in [0.15, 0.2) is 6.10 Å². The summed E-state index contributed by atoms with van der Waals surface area (Å²) in [4.78, 5) is 27.7. The van der Waals surface area contributed by atoms with Crippen LogP contribution in [-0.2, 0) is 4.74 Å². The van der Waals surface area contributed by atoms with Crippen LogP contribution in [0.3, 0.4) is 0 Å². The maximum atomic E-state index is 13.9. The maximum absolute atomic E-state index is 13.9. The first-order valence-corrected chi connectivity index (χ1v) is 7.66. The molecule has 1 aromatic heterocycles. The quantitative estimate of drug-likeness (QED) is 0.567. The number of esters is 1. The molecule has 0 fully saturated rings. The molecule has 2 aromatic carbocycles. The molecule has 25 heavy (non-hydrogen) atoms. The van der Waals surface area contributed by atoms with Crippen LogP contribution < -0.4 is 4.74 Å². The molecule has 0 aliphatic rings. The number of carbonyl (C=O) groups excluding carboxylic acids is 2. The summed E-state index contributed by atoms with van der Waals surface area (Å²) in [5.41, 5.74) is 0.982. The van der Waals surface area contributed by atoms with Gasteiger partial charge in [-0.25, -0.2) is 9.18 Å². The standard InChI is InChI=1S/C19H16FNO4/c1-11(18(22)15-10-21-17-6-4-3-5-13(15)17)25-19(23)14-8-7-12(24-2)9-16(14)20/h3-11,21H,1-2H3/t11-/m1/s1. The van der Waals surface area contributed by atoms with Gasteiger partial charge in [-0.3, -0.25) is 4.79 Å². The SMILES string of the molecule is COc1ccc(C(=O)O[C@H](C)C(=O)c2c[nH]c3ccccc23)c(F)c1. The molecule has 0 saturated heterocycles. The number of aromatic amines is 1. The second kappa shape index (κ2) is 6.76. The molecular formula is C19H16FNO4. The lowest BCUT2D eigenvalue weighted by Gasteiger charge is -2.12. The van der Waals surface area contributed by atoms with E-state index in [0.717, 1.165) is 17.0 Å². The van der Waals surface area contributed by atoms with E-state index in [9.17, 15) is 14.0 Å². The van der Waals surface area contributed by atoms with Crippen molar-refractivity contribution in [1.29, 1.82) is 0 Å². The number of aromatic nitrogens is 1. The number of nitrogens with one attached hydrogen (secondary N) is 1. The highest BCUT2D eigenvalue weighted by molar-refractivity contribution is 6.10. The number of Topliss-reactive ketones (excluding diaryl/α,β-unsaturated/α-hetero) is 1. The molecule has 0 aliphatic heterocycles. The molecule has 0 saturated carbocycles. The number of hydrogen-bond acceptors (Lipinski definition) is 4. The second-order valence-electron chi connectivity index (χ2n) is 5.51. The fraction of sp³-hybridized carbons (Fsp3) is 0.158. The molecule has 128 valence electrons. The lowest BCUT2D eigenvalue weighted by molar-refractivity contribution is 0.0315.